The maximum absolute atomic E-state index is 12.1. The molecule has 0 saturated carbocycles. The van der Waals surface area contributed by atoms with E-state index in [0.717, 1.165) is 0 Å². The minimum absolute atomic E-state index is 0.256. The van der Waals surface area contributed by atoms with E-state index in [1.54, 1.807) is 45.2 Å². The Bertz CT molecular complexity index is 431. The highest BCUT2D eigenvalue weighted by atomic mass is 32.2. The van der Waals surface area contributed by atoms with Gasteiger partial charge in [0.1, 0.15) is 5.75 Å². The summed E-state index contributed by atoms with van der Waals surface area (Å²) in [5, 5.41) is 0. The molecule has 5 heteroatoms. The van der Waals surface area contributed by atoms with Crippen LogP contribution in [0.4, 0.5) is 0 Å². The lowest BCUT2D eigenvalue weighted by Crippen LogP contribution is -2.20. The average molecular weight is 270 g/mol. The first-order valence-corrected chi connectivity index (χ1v) is 7.09. The van der Waals surface area contributed by atoms with Gasteiger partial charge in [-0.05, 0) is 25.1 Å². The number of carbonyl (C=O) groups is 1. The Kier molecular flexibility index (Phi) is 5.85. The molecule has 100 valence electrons. The molecular formula is C13H18O4S. The van der Waals surface area contributed by atoms with Gasteiger partial charge in [0.15, 0.2) is 0 Å². The number of benzene rings is 1. The summed E-state index contributed by atoms with van der Waals surface area (Å²) < 4.78 is 22.0. The van der Waals surface area contributed by atoms with Crippen LogP contribution in [0.5, 0.6) is 5.75 Å². The van der Waals surface area contributed by atoms with E-state index in [9.17, 15) is 9.00 Å². The van der Waals surface area contributed by atoms with Crippen molar-refractivity contribution in [1.82, 2.24) is 0 Å². The largest absolute Gasteiger partial charge is 0.497 e. The van der Waals surface area contributed by atoms with Crippen LogP contribution in [0, 0.1) is 5.92 Å². The fourth-order valence-corrected chi connectivity index (χ4v) is 2.68. The van der Waals surface area contributed by atoms with Crippen LogP contribution in [0.25, 0.3) is 0 Å². The smallest absolute Gasteiger partial charge is 0.309 e. The van der Waals surface area contributed by atoms with Gasteiger partial charge in [0, 0.05) is 10.6 Å². The monoisotopic (exact) mass is 270 g/mol. The van der Waals surface area contributed by atoms with Crippen LogP contribution in [0.3, 0.4) is 0 Å². The Morgan fingerprint density at radius 3 is 2.78 bits per heavy atom. The fourth-order valence-electron chi connectivity index (χ4n) is 1.42. The van der Waals surface area contributed by atoms with Gasteiger partial charge in [0.25, 0.3) is 0 Å². The Morgan fingerprint density at radius 1 is 1.44 bits per heavy atom. The van der Waals surface area contributed by atoms with Crippen molar-refractivity contribution >= 4 is 16.8 Å². The normalized spacial score (nSPS) is 13.7. The van der Waals surface area contributed by atoms with Crippen molar-refractivity contribution in [3.63, 3.8) is 0 Å². The van der Waals surface area contributed by atoms with Gasteiger partial charge in [-0.3, -0.25) is 9.00 Å². The van der Waals surface area contributed by atoms with Crippen LogP contribution >= 0.6 is 0 Å². The van der Waals surface area contributed by atoms with Gasteiger partial charge in [-0.2, -0.15) is 0 Å². The van der Waals surface area contributed by atoms with Crippen molar-refractivity contribution in [2.45, 2.75) is 18.7 Å². The average Bonchev–Trinajstić information content (AvgIpc) is 2.39. The quantitative estimate of drug-likeness (QED) is 0.742. The molecule has 0 radical (unpaired) electrons. The second kappa shape index (κ2) is 7.16. The molecule has 1 aromatic carbocycles. The van der Waals surface area contributed by atoms with E-state index in [1.807, 2.05) is 0 Å². The molecule has 0 fully saturated rings. The third-order valence-electron chi connectivity index (χ3n) is 2.39. The molecule has 1 rings (SSSR count). The van der Waals surface area contributed by atoms with Crippen molar-refractivity contribution in [3.8, 4) is 5.75 Å². The summed E-state index contributed by atoms with van der Waals surface area (Å²) in [7, 11) is 0.328. The zero-order valence-corrected chi connectivity index (χ0v) is 11.7. The number of ether oxygens (including phenoxy) is 2. The molecule has 18 heavy (non-hydrogen) atoms. The van der Waals surface area contributed by atoms with Gasteiger partial charge in [0.05, 0.1) is 30.4 Å². The minimum atomic E-state index is -1.23. The predicted octanol–water partition coefficient (Wildman–Crippen LogP) is 2.00. The summed E-state index contributed by atoms with van der Waals surface area (Å²) >= 11 is 0. The molecule has 2 atom stereocenters. The lowest BCUT2D eigenvalue weighted by molar-refractivity contribution is -0.146. The molecular weight excluding hydrogens is 252 g/mol. The van der Waals surface area contributed by atoms with Crippen molar-refractivity contribution < 1.29 is 18.5 Å². The first-order chi connectivity index (χ1) is 8.58. The zero-order valence-electron chi connectivity index (χ0n) is 10.8. The van der Waals surface area contributed by atoms with E-state index >= 15 is 0 Å². The summed E-state index contributed by atoms with van der Waals surface area (Å²) in [5.41, 5.74) is 0. The molecule has 0 amide bonds. The van der Waals surface area contributed by atoms with E-state index in [4.69, 9.17) is 9.47 Å². The number of carbonyl (C=O) groups excluding carboxylic acids is 1. The van der Waals surface area contributed by atoms with E-state index in [0.29, 0.717) is 17.3 Å². The summed E-state index contributed by atoms with van der Waals surface area (Å²) in [4.78, 5) is 12.1. The van der Waals surface area contributed by atoms with E-state index in [1.165, 1.54) is 0 Å². The van der Waals surface area contributed by atoms with Crippen LogP contribution in [0.1, 0.15) is 13.8 Å². The number of esters is 1. The lowest BCUT2D eigenvalue weighted by Gasteiger charge is -2.10. The second-order valence-electron chi connectivity index (χ2n) is 3.84. The van der Waals surface area contributed by atoms with Crippen molar-refractivity contribution in [2.24, 2.45) is 5.92 Å². The van der Waals surface area contributed by atoms with Gasteiger partial charge < -0.3 is 9.47 Å². The number of hydrogen-bond donors (Lipinski definition) is 0. The summed E-state index contributed by atoms with van der Waals surface area (Å²) in [6.07, 6.45) is 0. The van der Waals surface area contributed by atoms with Crippen LogP contribution in [-0.4, -0.2) is 29.6 Å². The third kappa shape index (κ3) is 4.14. The van der Waals surface area contributed by atoms with Gasteiger partial charge >= 0.3 is 5.97 Å². The molecule has 0 aliphatic heterocycles. The molecule has 0 bridgehead atoms. The Morgan fingerprint density at radius 2 is 2.17 bits per heavy atom. The Hall–Kier alpha value is -1.36. The molecule has 1 aromatic rings. The SMILES string of the molecule is CCOC(=O)C(C)CS(=O)c1cccc(OC)c1. The standard InChI is InChI=1S/C13H18O4S/c1-4-17-13(14)10(2)9-18(15)12-7-5-6-11(8-12)16-3/h5-8,10H,4,9H2,1-3H3. The first kappa shape index (κ1) is 14.7. The van der Waals surface area contributed by atoms with Gasteiger partial charge in [-0.1, -0.05) is 13.0 Å². The predicted molar refractivity (Wildman–Crippen MR) is 70.1 cm³/mol. The summed E-state index contributed by atoms with van der Waals surface area (Å²) in [6.45, 7) is 3.81. The second-order valence-corrected chi connectivity index (χ2v) is 5.34. The Balaban J connectivity index is 2.67. The molecule has 0 spiro atoms. The molecule has 4 nitrogen and oxygen atoms in total. The molecule has 0 aromatic heterocycles. The molecule has 0 heterocycles. The summed E-state index contributed by atoms with van der Waals surface area (Å²) in [5.74, 6) is 0.224. The number of methoxy groups -OCH3 is 1. The van der Waals surface area contributed by atoms with Crippen LogP contribution < -0.4 is 4.74 Å². The van der Waals surface area contributed by atoms with Crippen LogP contribution in [0.15, 0.2) is 29.2 Å². The van der Waals surface area contributed by atoms with Gasteiger partial charge in [-0.25, -0.2) is 0 Å². The van der Waals surface area contributed by atoms with Crippen molar-refractivity contribution in [3.05, 3.63) is 24.3 Å². The highest BCUT2D eigenvalue weighted by Crippen LogP contribution is 2.17. The van der Waals surface area contributed by atoms with Gasteiger partial charge in [0.2, 0.25) is 0 Å². The molecule has 2 unspecified atom stereocenters. The molecule has 0 saturated heterocycles. The fraction of sp³-hybridized carbons (Fsp3) is 0.462. The first-order valence-electron chi connectivity index (χ1n) is 5.77. The van der Waals surface area contributed by atoms with Crippen LogP contribution in [0.2, 0.25) is 0 Å². The highest BCUT2D eigenvalue weighted by Gasteiger charge is 2.18. The summed E-state index contributed by atoms with van der Waals surface area (Å²) in [6, 6.07) is 7.04. The Labute approximate surface area is 110 Å². The minimum Gasteiger partial charge on any atom is -0.497 e. The van der Waals surface area contributed by atoms with Crippen molar-refractivity contribution in [1.29, 1.82) is 0 Å². The van der Waals surface area contributed by atoms with E-state index in [2.05, 4.69) is 0 Å². The topological polar surface area (TPSA) is 52.6 Å². The molecule has 0 aliphatic carbocycles. The van der Waals surface area contributed by atoms with E-state index < -0.39 is 10.8 Å². The van der Waals surface area contributed by atoms with Crippen LogP contribution in [-0.2, 0) is 20.3 Å². The van der Waals surface area contributed by atoms with Crippen molar-refractivity contribution in [2.75, 3.05) is 19.5 Å². The van der Waals surface area contributed by atoms with E-state index in [-0.39, 0.29) is 17.6 Å². The molecule has 0 aliphatic rings. The zero-order chi connectivity index (χ0) is 13.5. The maximum atomic E-state index is 12.1. The van der Waals surface area contributed by atoms with Gasteiger partial charge in [-0.15, -0.1) is 0 Å². The lowest BCUT2D eigenvalue weighted by atomic mass is 10.2. The number of hydrogen-bond acceptors (Lipinski definition) is 4. The maximum Gasteiger partial charge on any atom is 0.309 e. The highest BCUT2D eigenvalue weighted by molar-refractivity contribution is 7.85. The third-order valence-corrected chi connectivity index (χ3v) is 3.98. The molecule has 0 N–H and O–H groups in total. The number of rotatable bonds is 6.